The topological polar surface area (TPSA) is 188 Å². The summed E-state index contributed by atoms with van der Waals surface area (Å²) >= 11 is 12.8. The Kier molecular flexibility index (Phi) is 14.1. The highest BCUT2D eigenvalue weighted by Gasteiger charge is 2.69. The Morgan fingerprint density at radius 2 is 1.78 bits per heavy atom. The second-order valence-corrected chi connectivity index (χ2v) is 21.5. The number of nitriles is 1. The van der Waals surface area contributed by atoms with E-state index in [-0.39, 0.29) is 72.7 Å². The fourth-order valence-corrected chi connectivity index (χ4v) is 12.1. The number of hydrogen-bond acceptors (Lipinski definition) is 11. The van der Waals surface area contributed by atoms with E-state index in [9.17, 15) is 19.5 Å². The molecule has 3 amide bonds. The number of hydrogen-bond donors (Lipinski definition) is 4. The maximum atomic E-state index is 14.0. The predicted molar refractivity (Wildman–Crippen MR) is 262 cm³/mol. The molecule has 4 aliphatic carbocycles. The van der Waals surface area contributed by atoms with E-state index in [1.807, 2.05) is 50.2 Å². The van der Waals surface area contributed by atoms with Crippen LogP contribution in [0.25, 0.3) is 0 Å². The van der Waals surface area contributed by atoms with Crippen LogP contribution in [0.3, 0.4) is 0 Å². The van der Waals surface area contributed by atoms with Gasteiger partial charge in [-0.2, -0.15) is 5.26 Å². The first kappa shape index (κ1) is 48.9. The number of β-amino-alcohol motifs (C(OH)–C–C–N with tert-alkyl or cyclic N) is 1. The van der Waals surface area contributed by atoms with Crippen molar-refractivity contribution in [3.05, 3.63) is 105 Å². The first-order chi connectivity index (χ1) is 33.0. The highest BCUT2D eigenvalue weighted by molar-refractivity contribution is 6.63. The molecule has 6 fully saturated rings. The molecule has 4 aromatic rings. The summed E-state index contributed by atoms with van der Waals surface area (Å²) in [4.78, 5) is 42.8. The minimum atomic E-state index is -0.866. The Morgan fingerprint density at radius 3 is 2.46 bits per heavy atom. The van der Waals surface area contributed by atoms with E-state index in [0.717, 1.165) is 55.2 Å². The van der Waals surface area contributed by atoms with Gasteiger partial charge < -0.3 is 44.5 Å². The number of carbonyl (C=O) groups excluding carboxylic acids is 3. The fraction of sp³-hybridized carbons (Fsp3) is 0.519. The van der Waals surface area contributed by atoms with Crippen LogP contribution >= 0.6 is 23.2 Å². The van der Waals surface area contributed by atoms with E-state index in [1.165, 1.54) is 4.90 Å². The molecule has 6 aliphatic rings. The Bertz CT molecular complexity index is 2600. The van der Waals surface area contributed by atoms with E-state index in [1.54, 1.807) is 37.3 Å². The van der Waals surface area contributed by atoms with Crippen LogP contribution < -0.4 is 26.2 Å². The summed E-state index contributed by atoms with van der Waals surface area (Å²) in [6, 6.07) is 21.2. The summed E-state index contributed by atoms with van der Waals surface area (Å²) in [5.41, 5.74) is 3.57. The summed E-state index contributed by atoms with van der Waals surface area (Å²) in [6.45, 7) is 11.1. The van der Waals surface area contributed by atoms with Gasteiger partial charge in [-0.3, -0.25) is 14.4 Å². The van der Waals surface area contributed by atoms with Crippen molar-refractivity contribution < 1.29 is 38.1 Å². The van der Waals surface area contributed by atoms with Crippen molar-refractivity contribution in [2.24, 2.45) is 23.2 Å². The summed E-state index contributed by atoms with van der Waals surface area (Å²) in [5.74, 6) is 0.313. The summed E-state index contributed by atoms with van der Waals surface area (Å²) in [5, 5.41) is 34.6. The number of ether oxygens (including phenoxy) is 1. The molecule has 1 aromatic heterocycles. The van der Waals surface area contributed by atoms with Gasteiger partial charge in [0.05, 0.1) is 40.2 Å². The first-order valence-corrected chi connectivity index (χ1v) is 25.1. The van der Waals surface area contributed by atoms with Crippen molar-refractivity contribution in [2.45, 2.75) is 134 Å². The number of rotatable bonds is 15. The largest absolute Gasteiger partial charge is 0.495 e. The van der Waals surface area contributed by atoms with E-state index >= 15 is 0 Å². The number of aromatic nitrogens is 1. The number of amides is 3. The fourth-order valence-electron chi connectivity index (χ4n) is 11.7. The van der Waals surface area contributed by atoms with Gasteiger partial charge in [-0.1, -0.05) is 62.1 Å². The zero-order valence-corrected chi connectivity index (χ0v) is 41.3. The van der Waals surface area contributed by atoms with Gasteiger partial charge in [0.1, 0.15) is 29.5 Å². The van der Waals surface area contributed by atoms with E-state index in [0.29, 0.717) is 57.3 Å². The lowest BCUT2D eigenvalue weighted by Gasteiger charge is -2.65. The number of aryl methyl sites for hydroxylation is 1. The molecule has 4 saturated carbocycles. The molecule has 0 spiro atoms. The van der Waals surface area contributed by atoms with Crippen LogP contribution in [-0.2, 0) is 25.4 Å². The van der Waals surface area contributed by atoms with Crippen LogP contribution in [0, 0.1) is 41.4 Å². The van der Waals surface area contributed by atoms with Crippen LogP contribution in [0.4, 0.5) is 5.69 Å². The average molecular weight is 980 g/mol. The van der Waals surface area contributed by atoms with Crippen LogP contribution in [0.1, 0.15) is 118 Å². The van der Waals surface area contributed by atoms with Crippen molar-refractivity contribution in [2.75, 3.05) is 18.4 Å². The number of anilines is 1. The predicted octanol–water partition coefficient (Wildman–Crippen LogP) is 7.72. The van der Waals surface area contributed by atoms with Gasteiger partial charge in [-0.05, 0) is 135 Å². The monoisotopic (exact) mass is 978 g/mol. The smallest absolute Gasteiger partial charge is 0.490 e. The number of nitrogens with zero attached hydrogens (tertiary/aromatic N) is 3. The number of benzene rings is 3. The molecule has 17 heteroatoms. The van der Waals surface area contributed by atoms with Crippen LogP contribution in [0.2, 0.25) is 10.0 Å². The third kappa shape index (κ3) is 9.98. The molecular formula is C52H61BCl2N6O8. The molecule has 10 rings (SSSR count). The molecule has 2 bridgehead atoms. The molecule has 2 saturated heterocycles. The van der Waals surface area contributed by atoms with Gasteiger partial charge in [0.2, 0.25) is 11.8 Å². The number of halogens is 2. The van der Waals surface area contributed by atoms with Crippen LogP contribution in [0.5, 0.6) is 5.75 Å². The zero-order valence-electron chi connectivity index (χ0n) is 39.8. The van der Waals surface area contributed by atoms with Crippen molar-refractivity contribution in [3.8, 4) is 11.8 Å². The molecule has 3 aromatic carbocycles. The van der Waals surface area contributed by atoms with Gasteiger partial charge in [0, 0.05) is 60.5 Å². The molecule has 3 heterocycles. The van der Waals surface area contributed by atoms with Crippen LogP contribution in [0.15, 0.2) is 71.3 Å². The minimum Gasteiger partial charge on any atom is -0.490 e. The van der Waals surface area contributed by atoms with E-state index in [4.69, 9.17) is 47.0 Å². The third-order valence-electron chi connectivity index (χ3n) is 15.6. The SMILES string of the molecule is Cc1cc([C@@H](C(=O)N2C[C@H](O)C[C@H]2C(=O)NCc2ccc(Cl)cc2B2O[C@H]3C[C@H]4C[C@H](C4(C)C)[C@@]3(CCNc3ccc(C(=O)NC4CCC(Oc5ccc(C#N)c(Cl)c5)CC4)cc3)O2)C(C)C)on1. The van der Waals surface area contributed by atoms with Crippen molar-refractivity contribution >= 4 is 59.2 Å². The Morgan fingerprint density at radius 1 is 1.01 bits per heavy atom. The molecule has 0 radical (unpaired) electrons. The molecule has 2 aliphatic heterocycles. The molecular weight excluding hydrogens is 918 g/mol. The highest BCUT2D eigenvalue weighted by atomic mass is 35.5. The number of nitrogens with one attached hydrogen (secondary N) is 3. The Hall–Kier alpha value is -5.11. The second kappa shape index (κ2) is 20.0. The Balaban J connectivity index is 0.812. The van der Waals surface area contributed by atoms with Gasteiger partial charge in [-0.25, -0.2) is 0 Å². The molecule has 7 atom stereocenters. The molecule has 364 valence electrons. The normalized spacial score (nSPS) is 27.2. The molecule has 14 nitrogen and oxygen atoms in total. The maximum Gasteiger partial charge on any atom is 0.495 e. The van der Waals surface area contributed by atoms with Gasteiger partial charge in [-0.15, -0.1) is 0 Å². The quantitative estimate of drug-likeness (QED) is 0.0855. The number of aliphatic hydroxyl groups excluding tert-OH is 1. The number of aliphatic hydroxyl groups is 1. The second-order valence-electron chi connectivity index (χ2n) is 20.7. The van der Waals surface area contributed by atoms with Crippen molar-refractivity contribution in [3.63, 3.8) is 0 Å². The lowest BCUT2D eigenvalue weighted by atomic mass is 9.43. The summed E-state index contributed by atoms with van der Waals surface area (Å²) < 4.78 is 25.7. The third-order valence-corrected chi connectivity index (χ3v) is 16.2. The highest BCUT2D eigenvalue weighted by Crippen LogP contribution is 2.66. The summed E-state index contributed by atoms with van der Waals surface area (Å²) in [6.07, 6.45) is 4.93. The molecule has 4 N–H and O–H groups in total. The van der Waals surface area contributed by atoms with Crippen molar-refractivity contribution in [1.82, 2.24) is 20.7 Å². The van der Waals surface area contributed by atoms with Gasteiger partial charge in [0.25, 0.3) is 5.91 Å². The molecule has 69 heavy (non-hydrogen) atoms. The summed E-state index contributed by atoms with van der Waals surface area (Å²) in [7, 11) is -0.721. The van der Waals surface area contributed by atoms with Crippen molar-refractivity contribution in [1.29, 1.82) is 5.26 Å². The maximum absolute atomic E-state index is 14.0. The Labute approximate surface area is 414 Å². The van der Waals surface area contributed by atoms with Gasteiger partial charge >= 0.3 is 7.12 Å². The zero-order chi connectivity index (χ0) is 48.8. The van der Waals surface area contributed by atoms with E-state index in [2.05, 4.69) is 41.0 Å². The van der Waals surface area contributed by atoms with Crippen LogP contribution in [-0.4, -0.2) is 89.1 Å². The lowest BCUT2D eigenvalue weighted by molar-refractivity contribution is -0.209. The number of likely N-dealkylation sites (tertiary alicyclic amines) is 1. The lowest BCUT2D eigenvalue weighted by Crippen LogP contribution is -2.67. The van der Waals surface area contributed by atoms with Gasteiger partial charge in [0.15, 0.2) is 0 Å². The minimum absolute atomic E-state index is 0.0137. The first-order valence-electron chi connectivity index (χ1n) is 24.3. The van der Waals surface area contributed by atoms with E-state index < -0.39 is 30.8 Å². The average Bonchev–Trinajstić information content (AvgIpc) is 4.05. The standard InChI is InChI=1S/C52H61BCl2N6O8/c1-29(2)47(44-20-30(3)60-68-44)50(65)61-28-38(62)24-43(61)49(64)58-27-33-6-10-35(54)23-41(33)53-67-46-22-34-21-45(51(34,4)5)52(46,69-53)18-19-57-36-11-7-31(8-12-36)48(63)59-37-13-16-39(17-14-37)66-40-15-9-32(26-56)42(55)25-40/h6-12,15,20,23,25,29,34,37-39,43,45-47,57,62H,13-14,16-19,21-22,24,27-28H2,1-5H3,(H,58,64)(H,59,63)/t34-,37?,38-,39?,43+,45-,46+,47+,52-/m1/s1. The number of carbonyl (C=O) groups is 3. The molecule has 0 unspecified atom stereocenters.